The zero-order valence-electron chi connectivity index (χ0n) is 14.4. The lowest BCUT2D eigenvalue weighted by atomic mass is 9.91. The largest absolute Gasteiger partial charge is 0.481 e. The fourth-order valence-corrected chi connectivity index (χ4v) is 4.36. The van der Waals surface area contributed by atoms with Crippen molar-refractivity contribution in [3.05, 3.63) is 65.7 Å². The van der Waals surface area contributed by atoms with E-state index in [0.29, 0.717) is 23.2 Å². The first-order chi connectivity index (χ1) is 12.9. The molecule has 1 heterocycles. The maximum atomic E-state index is 12.8. The van der Waals surface area contributed by atoms with Crippen molar-refractivity contribution in [1.29, 1.82) is 0 Å². The third-order valence-corrected chi connectivity index (χ3v) is 5.82. The lowest BCUT2D eigenvalue weighted by Gasteiger charge is -2.33. The summed E-state index contributed by atoms with van der Waals surface area (Å²) in [6.07, 6.45) is 0.257. The van der Waals surface area contributed by atoms with E-state index in [9.17, 15) is 18.0 Å². The average molecular weight is 389 g/mol. The van der Waals surface area contributed by atoms with E-state index in [-0.39, 0.29) is 19.6 Å². The minimum absolute atomic E-state index is 0.0773. The molecule has 0 radical (unpaired) electrons. The predicted molar refractivity (Wildman–Crippen MR) is 98.8 cm³/mol. The average Bonchev–Trinajstić information content (AvgIpc) is 2.65. The van der Waals surface area contributed by atoms with E-state index in [0.717, 1.165) is 4.31 Å². The van der Waals surface area contributed by atoms with Gasteiger partial charge in [-0.1, -0.05) is 48.5 Å². The van der Waals surface area contributed by atoms with E-state index < -0.39 is 27.2 Å². The van der Waals surface area contributed by atoms with Crippen LogP contribution in [0.5, 0.6) is 0 Å². The van der Waals surface area contributed by atoms with Crippen LogP contribution < -0.4 is 4.31 Å². The molecule has 7 nitrogen and oxygen atoms in total. The van der Waals surface area contributed by atoms with Gasteiger partial charge in [0.25, 0.3) is 0 Å². The van der Waals surface area contributed by atoms with Crippen LogP contribution in [0.25, 0.3) is 0 Å². The number of sulfonamides is 1. The van der Waals surface area contributed by atoms with Crippen molar-refractivity contribution in [1.82, 2.24) is 0 Å². The van der Waals surface area contributed by atoms with Gasteiger partial charge < -0.3 is 9.84 Å². The van der Waals surface area contributed by atoms with Crippen LogP contribution in [0.4, 0.5) is 10.5 Å². The summed E-state index contributed by atoms with van der Waals surface area (Å²) in [7, 11) is -4.44. The maximum Gasteiger partial charge on any atom is 0.445 e. The summed E-state index contributed by atoms with van der Waals surface area (Å²) in [5.74, 6) is -1.43. The number of anilines is 1. The number of fused-ring (bicyclic) bond motifs is 1. The number of carboxylic acids is 1. The fraction of sp³-hybridized carbons (Fsp3) is 0.263. The molecular formula is C19H19NO6S. The SMILES string of the molecule is O=C(O)C[C@@H]1Cc2ccccc2N(S(=O)(=O)C(=O)OCc2ccccc2)C1. The van der Waals surface area contributed by atoms with Crippen LogP contribution in [-0.4, -0.2) is 31.3 Å². The molecule has 0 fully saturated rings. The topological polar surface area (TPSA) is 101 Å². The van der Waals surface area contributed by atoms with Gasteiger partial charge in [-0.05, 0) is 29.5 Å². The molecule has 0 aromatic heterocycles. The second-order valence-corrected chi connectivity index (χ2v) is 8.08. The summed E-state index contributed by atoms with van der Waals surface area (Å²) < 4.78 is 31.6. The van der Waals surface area contributed by atoms with Gasteiger partial charge in [-0.25, -0.2) is 4.79 Å². The number of carbonyl (C=O) groups excluding carboxylic acids is 1. The van der Waals surface area contributed by atoms with Crippen LogP contribution in [-0.2, 0) is 32.6 Å². The Labute approximate surface area is 157 Å². The fourth-order valence-electron chi connectivity index (χ4n) is 3.13. The van der Waals surface area contributed by atoms with Gasteiger partial charge in [0.05, 0.1) is 12.1 Å². The summed E-state index contributed by atoms with van der Waals surface area (Å²) >= 11 is 0. The van der Waals surface area contributed by atoms with Crippen LogP contribution in [0.1, 0.15) is 17.5 Å². The van der Waals surface area contributed by atoms with E-state index >= 15 is 0 Å². The first kappa shape index (κ1) is 18.9. The molecule has 1 N–H and O–H groups in total. The summed E-state index contributed by atoms with van der Waals surface area (Å²) in [5, 5.41) is 7.71. The van der Waals surface area contributed by atoms with Crippen LogP contribution in [0.15, 0.2) is 54.6 Å². The number of para-hydroxylation sites is 1. The van der Waals surface area contributed by atoms with Gasteiger partial charge in [0, 0.05) is 6.54 Å². The second-order valence-electron chi connectivity index (χ2n) is 6.36. The van der Waals surface area contributed by atoms with Gasteiger partial charge in [-0.3, -0.25) is 9.10 Å². The molecule has 0 spiro atoms. The Balaban J connectivity index is 1.83. The first-order valence-corrected chi connectivity index (χ1v) is 9.85. The monoisotopic (exact) mass is 389 g/mol. The molecule has 0 bridgehead atoms. The number of ether oxygens (including phenoxy) is 1. The van der Waals surface area contributed by atoms with Crippen molar-refractivity contribution in [3.8, 4) is 0 Å². The number of nitrogens with zero attached hydrogens (tertiary/aromatic N) is 1. The quantitative estimate of drug-likeness (QED) is 0.789. The van der Waals surface area contributed by atoms with E-state index in [1.165, 1.54) is 0 Å². The summed E-state index contributed by atoms with van der Waals surface area (Å²) in [4.78, 5) is 23.4. The van der Waals surface area contributed by atoms with Crippen molar-refractivity contribution in [2.45, 2.75) is 19.4 Å². The third kappa shape index (κ3) is 4.28. The maximum absolute atomic E-state index is 12.8. The smallest absolute Gasteiger partial charge is 0.445 e. The van der Waals surface area contributed by atoms with Crippen molar-refractivity contribution >= 4 is 27.0 Å². The second kappa shape index (κ2) is 7.79. The van der Waals surface area contributed by atoms with Gasteiger partial charge in [-0.2, -0.15) is 8.42 Å². The van der Waals surface area contributed by atoms with Gasteiger partial charge in [0.1, 0.15) is 6.61 Å². The van der Waals surface area contributed by atoms with Crippen LogP contribution in [0.2, 0.25) is 0 Å². The van der Waals surface area contributed by atoms with Crippen molar-refractivity contribution in [3.63, 3.8) is 0 Å². The molecule has 142 valence electrons. The molecule has 1 atom stereocenters. The highest BCUT2D eigenvalue weighted by atomic mass is 32.2. The molecule has 1 aliphatic rings. The summed E-state index contributed by atoms with van der Waals surface area (Å²) in [5.41, 5.74) is 1.74. The first-order valence-electron chi connectivity index (χ1n) is 8.41. The normalized spacial score (nSPS) is 16.4. The number of aliphatic carboxylic acids is 1. The Morgan fingerprint density at radius 3 is 2.44 bits per heavy atom. The van der Waals surface area contributed by atoms with Gasteiger partial charge in [0.15, 0.2) is 0 Å². The molecule has 0 saturated heterocycles. The third-order valence-electron chi connectivity index (χ3n) is 4.36. The summed E-state index contributed by atoms with van der Waals surface area (Å²) in [6.45, 7) is -0.237. The molecule has 8 heteroatoms. The molecule has 27 heavy (non-hydrogen) atoms. The molecule has 1 aliphatic heterocycles. The molecule has 0 amide bonds. The van der Waals surface area contributed by atoms with Gasteiger partial charge in [0.2, 0.25) is 0 Å². The number of hydrogen-bond donors (Lipinski definition) is 1. The molecule has 3 rings (SSSR count). The van der Waals surface area contributed by atoms with Crippen LogP contribution >= 0.6 is 0 Å². The minimum Gasteiger partial charge on any atom is -0.481 e. The minimum atomic E-state index is -4.44. The number of rotatable bonds is 5. The molecule has 0 saturated carbocycles. The van der Waals surface area contributed by atoms with E-state index in [1.54, 1.807) is 54.6 Å². The van der Waals surface area contributed by atoms with Gasteiger partial charge in [-0.15, -0.1) is 0 Å². The van der Waals surface area contributed by atoms with E-state index in [1.807, 2.05) is 0 Å². The molecule has 0 unspecified atom stereocenters. The predicted octanol–water partition coefficient (Wildman–Crippen LogP) is 2.81. The Bertz CT molecular complexity index is 942. The highest BCUT2D eigenvalue weighted by molar-refractivity contribution is 8.06. The molecule has 0 aliphatic carbocycles. The molecule has 2 aromatic rings. The number of carbonyl (C=O) groups is 2. The zero-order chi connectivity index (χ0) is 19.4. The Morgan fingerprint density at radius 2 is 1.74 bits per heavy atom. The van der Waals surface area contributed by atoms with E-state index in [4.69, 9.17) is 9.84 Å². The van der Waals surface area contributed by atoms with Crippen molar-refractivity contribution < 1.29 is 27.9 Å². The van der Waals surface area contributed by atoms with Crippen molar-refractivity contribution in [2.75, 3.05) is 10.8 Å². The number of benzene rings is 2. The van der Waals surface area contributed by atoms with Gasteiger partial charge >= 0.3 is 21.3 Å². The van der Waals surface area contributed by atoms with E-state index in [2.05, 4.69) is 0 Å². The number of hydrogen-bond acceptors (Lipinski definition) is 5. The Kier molecular flexibility index (Phi) is 5.46. The highest BCUT2D eigenvalue weighted by Gasteiger charge is 2.38. The Hall–Kier alpha value is -2.87. The zero-order valence-corrected chi connectivity index (χ0v) is 15.3. The lowest BCUT2D eigenvalue weighted by molar-refractivity contribution is -0.138. The molecule has 2 aromatic carbocycles. The van der Waals surface area contributed by atoms with Crippen LogP contribution in [0.3, 0.4) is 0 Å². The van der Waals surface area contributed by atoms with Crippen LogP contribution in [0, 0.1) is 5.92 Å². The lowest BCUT2D eigenvalue weighted by Crippen LogP contribution is -2.43. The Morgan fingerprint density at radius 1 is 1.07 bits per heavy atom. The summed E-state index contributed by atoms with van der Waals surface area (Å²) in [6, 6.07) is 15.5. The molecular weight excluding hydrogens is 370 g/mol. The standard InChI is InChI=1S/C19H19NO6S/c21-18(22)11-15-10-16-8-4-5-9-17(16)20(12-15)27(24,25)19(23)26-13-14-6-2-1-3-7-14/h1-9,15H,10-13H2,(H,21,22)/t15-/m0/s1. The number of carboxylic acid groups (broad SMARTS) is 1. The highest BCUT2D eigenvalue weighted by Crippen LogP contribution is 2.33. The van der Waals surface area contributed by atoms with Crippen molar-refractivity contribution in [2.24, 2.45) is 5.92 Å².